The van der Waals surface area contributed by atoms with E-state index in [0.717, 1.165) is 0 Å². The fraction of sp³-hybridized carbons (Fsp3) is 0.455. The van der Waals surface area contributed by atoms with Crippen molar-refractivity contribution < 1.29 is 19.1 Å². The second-order valence-corrected chi connectivity index (χ2v) is 3.57. The van der Waals surface area contributed by atoms with Crippen LogP contribution in [0.5, 0.6) is 0 Å². The number of carbonyl (C=O) groups excluding carboxylic acids is 2. The van der Waals surface area contributed by atoms with Gasteiger partial charge in [0.05, 0.1) is 13.2 Å². The van der Waals surface area contributed by atoms with E-state index in [1.165, 1.54) is 7.11 Å². The zero-order valence-corrected chi connectivity index (χ0v) is 9.52. The Labute approximate surface area is 93.7 Å². The summed E-state index contributed by atoms with van der Waals surface area (Å²) < 4.78 is 9.58. The van der Waals surface area contributed by atoms with Gasteiger partial charge >= 0.3 is 11.9 Å². The number of rotatable bonds is 4. The number of aromatic nitrogens is 1. The molecule has 0 bridgehead atoms. The van der Waals surface area contributed by atoms with Gasteiger partial charge < -0.3 is 14.5 Å². The Morgan fingerprint density at radius 3 is 2.44 bits per heavy atom. The van der Waals surface area contributed by atoms with E-state index >= 15 is 0 Å². The van der Waals surface area contributed by atoms with Gasteiger partial charge in [-0.25, -0.2) is 0 Å². The summed E-state index contributed by atoms with van der Waals surface area (Å²) in [6.07, 6.45) is 1.36. The van der Waals surface area contributed by atoms with Crippen LogP contribution in [-0.2, 0) is 19.1 Å². The number of esters is 2. The Balaban J connectivity index is 2.88. The minimum absolute atomic E-state index is 0.269. The molecule has 0 aliphatic rings. The molecule has 0 aliphatic carbocycles. The van der Waals surface area contributed by atoms with Crippen molar-refractivity contribution in [2.75, 3.05) is 7.11 Å². The van der Waals surface area contributed by atoms with Crippen LogP contribution in [0.25, 0.3) is 0 Å². The molecule has 1 heterocycles. The van der Waals surface area contributed by atoms with Gasteiger partial charge in [0.2, 0.25) is 0 Å². The Kier molecular flexibility index (Phi) is 4.10. The Bertz CT molecular complexity index is 356. The first-order chi connectivity index (χ1) is 7.56. The standard InChI is InChI=1S/C11H15NO4/c1-7(2)16-11(14)9(10(13)15-3)8-5-4-6-12-8/h4-7,9,12H,1-3H3. The number of aromatic amines is 1. The topological polar surface area (TPSA) is 68.4 Å². The van der Waals surface area contributed by atoms with E-state index in [1.54, 1.807) is 32.2 Å². The van der Waals surface area contributed by atoms with Gasteiger partial charge in [-0.1, -0.05) is 0 Å². The highest BCUT2D eigenvalue weighted by Crippen LogP contribution is 2.18. The van der Waals surface area contributed by atoms with Crippen LogP contribution in [0.3, 0.4) is 0 Å². The summed E-state index contributed by atoms with van der Waals surface area (Å²) in [7, 11) is 1.24. The predicted octanol–water partition coefficient (Wildman–Crippen LogP) is 1.22. The maximum Gasteiger partial charge on any atom is 0.326 e. The first-order valence-corrected chi connectivity index (χ1v) is 4.98. The van der Waals surface area contributed by atoms with Crippen molar-refractivity contribution in [3.05, 3.63) is 24.0 Å². The maximum atomic E-state index is 11.7. The van der Waals surface area contributed by atoms with Crippen molar-refractivity contribution in [2.24, 2.45) is 0 Å². The number of H-pyrrole nitrogens is 1. The van der Waals surface area contributed by atoms with Gasteiger partial charge in [0.15, 0.2) is 5.92 Å². The van der Waals surface area contributed by atoms with E-state index in [2.05, 4.69) is 9.72 Å². The Morgan fingerprint density at radius 1 is 1.31 bits per heavy atom. The van der Waals surface area contributed by atoms with Gasteiger partial charge in [0.1, 0.15) is 0 Å². The molecule has 0 amide bonds. The number of ether oxygens (including phenoxy) is 2. The van der Waals surface area contributed by atoms with Crippen LogP contribution < -0.4 is 0 Å². The molecule has 0 aliphatic heterocycles. The third kappa shape index (κ3) is 2.85. The lowest BCUT2D eigenvalue weighted by molar-refractivity contribution is -0.158. The van der Waals surface area contributed by atoms with E-state index in [9.17, 15) is 9.59 Å². The highest BCUT2D eigenvalue weighted by Gasteiger charge is 2.32. The summed E-state index contributed by atoms with van der Waals surface area (Å²) in [4.78, 5) is 26.0. The van der Waals surface area contributed by atoms with Crippen LogP contribution in [0.15, 0.2) is 18.3 Å². The molecule has 16 heavy (non-hydrogen) atoms. The summed E-state index contributed by atoms with van der Waals surface area (Å²) in [5.41, 5.74) is 0.470. The largest absolute Gasteiger partial charge is 0.468 e. The van der Waals surface area contributed by atoms with Crippen molar-refractivity contribution in [1.29, 1.82) is 0 Å². The van der Waals surface area contributed by atoms with Crippen LogP contribution >= 0.6 is 0 Å². The average Bonchev–Trinajstić information content (AvgIpc) is 2.69. The van der Waals surface area contributed by atoms with E-state index in [1.807, 2.05) is 0 Å². The molecule has 0 aromatic carbocycles. The normalized spacial score (nSPS) is 12.2. The molecule has 0 spiro atoms. The molecule has 0 fully saturated rings. The van der Waals surface area contributed by atoms with Crippen molar-refractivity contribution in [1.82, 2.24) is 4.98 Å². The molecule has 5 heteroatoms. The smallest absolute Gasteiger partial charge is 0.326 e. The molecule has 1 aromatic rings. The number of methoxy groups -OCH3 is 1. The van der Waals surface area contributed by atoms with E-state index in [0.29, 0.717) is 5.69 Å². The Morgan fingerprint density at radius 2 is 2.00 bits per heavy atom. The van der Waals surface area contributed by atoms with Crippen LogP contribution in [-0.4, -0.2) is 30.1 Å². The zero-order valence-electron chi connectivity index (χ0n) is 9.52. The van der Waals surface area contributed by atoms with Gasteiger partial charge in [0, 0.05) is 11.9 Å². The van der Waals surface area contributed by atoms with E-state index < -0.39 is 17.9 Å². The van der Waals surface area contributed by atoms with E-state index in [-0.39, 0.29) is 6.10 Å². The molecule has 0 saturated carbocycles. The lowest BCUT2D eigenvalue weighted by Gasteiger charge is -2.14. The summed E-state index contributed by atoms with van der Waals surface area (Å²) in [6.45, 7) is 3.45. The first-order valence-electron chi connectivity index (χ1n) is 4.98. The molecule has 1 rings (SSSR count). The summed E-state index contributed by atoms with van der Waals surface area (Å²) in [5.74, 6) is -2.28. The summed E-state index contributed by atoms with van der Waals surface area (Å²) in [6, 6.07) is 3.34. The average molecular weight is 225 g/mol. The van der Waals surface area contributed by atoms with Crippen LogP contribution in [0.4, 0.5) is 0 Å². The SMILES string of the molecule is COC(=O)C(C(=O)OC(C)C)c1ccc[nH]1. The quantitative estimate of drug-likeness (QED) is 0.618. The van der Waals surface area contributed by atoms with Crippen molar-refractivity contribution in [3.63, 3.8) is 0 Å². The third-order valence-electron chi connectivity index (χ3n) is 1.96. The number of nitrogens with one attached hydrogen (secondary N) is 1. The number of hydrogen-bond donors (Lipinski definition) is 1. The first kappa shape index (κ1) is 12.3. The summed E-state index contributed by atoms with van der Waals surface area (Å²) >= 11 is 0. The molecule has 1 atom stereocenters. The predicted molar refractivity (Wildman–Crippen MR) is 56.8 cm³/mol. The third-order valence-corrected chi connectivity index (χ3v) is 1.96. The van der Waals surface area contributed by atoms with Gasteiger partial charge in [-0.3, -0.25) is 9.59 Å². The van der Waals surface area contributed by atoms with Crippen LogP contribution in [0.2, 0.25) is 0 Å². The molecule has 1 aromatic heterocycles. The molecule has 0 saturated heterocycles. The highest BCUT2D eigenvalue weighted by atomic mass is 16.6. The molecule has 1 N–H and O–H groups in total. The van der Waals surface area contributed by atoms with Gasteiger partial charge in [0.25, 0.3) is 0 Å². The van der Waals surface area contributed by atoms with Crippen LogP contribution in [0, 0.1) is 0 Å². The minimum atomic E-state index is -1.04. The molecular weight excluding hydrogens is 210 g/mol. The van der Waals surface area contributed by atoms with Crippen molar-refractivity contribution >= 4 is 11.9 Å². The van der Waals surface area contributed by atoms with Crippen LogP contribution in [0.1, 0.15) is 25.5 Å². The van der Waals surface area contributed by atoms with Crippen molar-refractivity contribution in [3.8, 4) is 0 Å². The number of hydrogen-bond acceptors (Lipinski definition) is 4. The fourth-order valence-corrected chi connectivity index (χ4v) is 1.29. The highest BCUT2D eigenvalue weighted by molar-refractivity contribution is 6.00. The van der Waals surface area contributed by atoms with Gasteiger partial charge in [-0.15, -0.1) is 0 Å². The van der Waals surface area contributed by atoms with Crippen molar-refractivity contribution in [2.45, 2.75) is 25.9 Å². The molecule has 5 nitrogen and oxygen atoms in total. The zero-order chi connectivity index (χ0) is 12.1. The molecule has 1 unspecified atom stereocenters. The van der Waals surface area contributed by atoms with Gasteiger partial charge in [-0.2, -0.15) is 0 Å². The molecule has 0 radical (unpaired) electrons. The Hall–Kier alpha value is -1.78. The molecular formula is C11H15NO4. The fourth-order valence-electron chi connectivity index (χ4n) is 1.29. The maximum absolute atomic E-state index is 11.7. The lowest BCUT2D eigenvalue weighted by Crippen LogP contribution is -2.27. The second-order valence-electron chi connectivity index (χ2n) is 3.57. The minimum Gasteiger partial charge on any atom is -0.468 e. The van der Waals surface area contributed by atoms with Gasteiger partial charge in [-0.05, 0) is 26.0 Å². The summed E-state index contributed by atoms with van der Waals surface area (Å²) in [5, 5.41) is 0. The van der Waals surface area contributed by atoms with E-state index in [4.69, 9.17) is 4.74 Å². The number of carbonyl (C=O) groups is 2. The second kappa shape index (κ2) is 5.34. The molecule has 88 valence electrons. The monoisotopic (exact) mass is 225 g/mol. The lowest BCUT2D eigenvalue weighted by atomic mass is 10.1.